The molecule has 1 unspecified atom stereocenters. The molecule has 0 heterocycles. The highest BCUT2D eigenvalue weighted by Crippen LogP contribution is 2.15. The maximum Gasteiger partial charge on any atom is 0.240 e. The third kappa shape index (κ3) is 4.29. The zero-order valence-electron chi connectivity index (χ0n) is 10.8. The first kappa shape index (κ1) is 14.9. The van der Waals surface area contributed by atoms with Crippen LogP contribution in [0.4, 0.5) is 0 Å². The van der Waals surface area contributed by atoms with Crippen molar-refractivity contribution in [3.05, 3.63) is 24.3 Å². The third-order valence-electron chi connectivity index (χ3n) is 2.38. The normalized spacial score (nSPS) is 13.3. The van der Waals surface area contributed by atoms with Gasteiger partial charge in [0.15, 0.2) is 0 Å². The van der Waals surface area contributed by atoms with Crippen molar-refractivity contribution in [2.24, 2.45) is 0 Å². The Morgan fingerprint density at radius 1 is 1.28 bits per heavy atom. The molecule has 5 nitrogen and oxygen atoms in total. The van der Waals surface area contributed by atoms with Crippen molar-refractivity contribution in [3.8, 4) is 5.75 Å². The van der Waals surface area contributed by atoms with Crippen molar-refractivity contribution >= 4 is 10.0 Å². The van der Waals surface area contributed by atoms with Gasteiger partial charge in [0.1, 0.15) is 5.75 Å². The van der Waals surface area contributed by atoms with Crippen LogP contribution in [-0.2, 0) is 14.8 Å². The van der Waals surface area contributed by atoms with Gasteiger partial charge in [-0.05, 0) is 38.1 Å². The van der Waals surface area contributed by atoms with Crippen LogP contribution < -0.4 is 9.46 Å². The van der Waals surface area contributed by atoms with Gasteiger partial charge in [0.05, 0.1) is 18.1 Å². The van der Waals surface area contributed by atoms with Gasteiger partial charge in [-0.15, -0.1) is 0 Å². The maximum absolute atomic E-state index is 11.9. The lowest BCUT2D eigenvalue weighted by Crippen LogP contribution is -2.32. The van der Waals surface area contributed by atoms with E-state index in [9.17, 15) is 8.42 Å². The summed E-state index contributed by atoms with van der Waals surface area (Å²) in [5, 5.41) is 0. The van der Waals surface area contributed by atoms with E-state index in [2.05, 4.69) is 4.72 Å². The molecule has 0 spiro atoms. The quantitative estimate of drug-likeness (QED) is 0.815. The lowest BCUT2D eigenvalue weighted by Gasteiger charge is -2.13. The molecular formula is C12H19NO4S. The van der Waals surface area contributed by atoms with E-state index in [4.69, 9.17) is 9.47 Å². The molecule has 102 valence electrons. The molecule has 18 heavy (non-hydrogen) atoms. The smallest absolute Gasteiger partial charge is 0.240 e. The largest absolute Gasteiger partial charge is 0.497 e. The van der Waals surface area contributed by atoms with Crippen LogP contribution in [-0.4, -0.2) is 34.8 Å². The van der Waals surface area contributed by atoms with E-state index in [-0.39, 0.29) is 17.5 Å². The van der Waals surface area contributed by atoms with Crippen LogP contribution >= 0.6 is 0 Å². The Balaban J connectivity index is 2.67. The molecule has 0 radical (unpaired) electrons. The summed E-state index contributed by atoms with van der Waals surface area (Å²) in [6.07, 6.45) is -0.150. The van der Waals surface area contributed by atoms with Crippen LogP contribution in [0.1, 0.15) is 13.8 Å². The van der Waals surface area contributed by atoms with Crippen molar-refractivity contribution in [2.45, 2.75) is 24.8 Å². The number of methoxy groups -OCH3 is 1. The first-order chi connectivity index (χ1) is 8.49. The molecule has 0 amide bonds. The van der Waals surface area contributed by atoms with Gasteiger partial charge in [-0.25, -0.2) is 13.1 Å². The predicted molar refractivity (Wildman–Crippen MR) is 69.3 cm³/mol. The van der Waals surface area contributed by atoms with Crippen LogP contribution in [0, 0.1) is 0 Å². The number of rotatable bonds is 7. The summed E-state index contributed by atoms with van der Waals surface area (Å²) in [6.45, 7) is 4.50. The van der Waals surface area contributed by atoms with Crippen LogP contribution in [0.25, 0.3) is 0 Å². The Morgan fingerprint density at radius 2 is 1.89 bits per heavy atom. The third-order valence-corrected chi connectivity index (χ3v) is 3.82. The molecule has 6 heteroatoms. The molecule has 0 aliphatic heterocycles. The lowest BCUT2D eigenvalue weighted by molar-refractivity contribution is 0.0799. The second-order valence-corrected chi connectivity index (χ2v) is 5.56. The Kier molecular flexibility index (Phi) is 5.58. The van der Waals surface area contributed by atoms with Crippen LogP contribution in [0.2, 0.25) is 0 Å². The number of hydrogen-bond acceptors (Lipinski definition) is 4. The number of benzene rings is 1. The topological polar surface area (TPSA) is 64.6 Å². The molecule has 0 fully saturated rings. The number of sulfonamides is 1. The summed E-state index contributed by atoms with van der Waals surface area (Å²) < 4.78 is 36.6. The fourth-order valence-electron chi connectivity index (χ4n) is 1.41. The lowest BCUT2D eigenvalue weighted by atomic mass is 10.3. The molecule has 0 saturated carbocycles. The number of ether oxygens (including phenoxy) is 2. The van der Waals surface area contributed by atoms with Gasteiger partial charge in [0, 0.05) is 13.2 Å². The maximum atomic E-state index is 11.9. The van der Waals surface area contributed by atoms with Gasteiger partial charge in [0.25, 0.3) is 0 Å². The molecule has 0 aliphatic carbocycles. The highest BCUT2D eigenvalue weighted by molar-refractivity contribution is 7.89. The van der Waals surface area contributed by atoms with Crippen LogP contribution in [0.15, 0.2) is 29.2 Å². The van der Waals surface area contributed by atoms with E-state index in [0.29, 0.717) is 12.4 Å². The van der Waals surface area contributed by atoms with Gasteiger partial charge in [-0.3, -0.25) is 0 Å². The Morgan fingerprint density at radius 3 is 2.39 bits per heavy atom. The minimum absolute atomic E-state index is 0.150. The Labute approximate surface area is 108 Å². The molecular weight excluding hydrogens is 254 g/mol. The average Bonchev–Trinajstić information content (AvgIpc) is 2.37. The van der Waals surface area contributed by atoms with Crippen molar-refractivity contribution in [2.75, 3.05) is 20.3 Å². The van der Waals surface area contributed by atoms with Crippen molar-refractivity contribution in [1.82, 2.24) is 4.72 Å². The minimum Gasteiger partial charge on any atom is -0.497 e. The first-order valence-electron chi connectivity index (χ1n) is 5.75. The van der Waals surface area contributed by atoms with Crippen LogP contribution in [0.3, 0.4) is 0 Å². The SMILES string of the molecule is CCOC(C)CNS(=O)(=O)c1ccc(OC)cc1. The molecule has 1 aromatic rings. The average molecular weight is 273 g/mol. The molecule has 1 N–H and O–H groups in total. The standard InChI is InChI=1S/C12H19NO4S/c1-4-17-10(2)9-13-18(14,15)12-7-5-11(16-3)6-8-12/h5-8,10,13H,4,9H2,1-3H3. The zero-order valence-corrected chi connectivity index (χ0v) is 11.7. The molecule has 1 rings (SSSR count). The van der Waals surface area contributed by atoms with E-state index in [0.717, 1.165) is 0 Å². The summed E-state index contributed by atoms with van der Waals surface area (Å²) in [5.74, 6) is 0.622. The van der Waals surface area contributed by atoms with E-state index < -0.39 is 10.0 Å². The Hall–Kier alpha value is -1.11. The first-order valence-corrected chi connectivity index (χ1v) is 7.23. The highest BCUT2D eigenvalue weighted by atomic mass is 32.2. The van der Waals surface area contributed by atoms with Gasteiger partial charge in [0.2, 0.25) is 10.0 Å². The number of hydrogen-bond donors (Lipinski definition) is 1. The van der Waals surface area contributed by atoms with Crippen LogP contribution in [0.5, 0.6) is 5.75 Å². The van der Waals surface area contributed by atoms with Crippen molar-refractivity contribution in [1.29, 1.82) is 0 Å². The van der Waals surface area contributed by atoms with E-state index in [1.807, 2.05) is 13.8 Å². The molecule has 0 aliphatic rings. The fraction of sp³-hybridized carbons (Fsp3) is 0.500. The zero-order chi connectivity index (χ0) is 13.6. The molecule has 0 saturated heterocycles. The number of nitrogens with one attached hydrogen (secondary N) is 1. The summed E-state index contributed by atoms with van der Waals surface area (Å²) in [5.41, 5.74) is 0. The second-order valence-electron chi connectivity index (χ2n) is 3.79. The van der Waals surface area contributed by atoms with E-state index >= 15 is 0 Å². The van der Waals surface area contributed by atoms with Crippen molar-refractivity contribution in [3.63, 3.8) is 0 Å². The molecule has 1 atom stereocenters. The van der Waals surface area contributed by atoms with Gasteiger partial charge >= 0.3 is 0 Å². The van der Waals surface area contributed by atoms with E-state index in [1.165, 1.54) is 19.2 Å². The summed E-state index contributed by atoms with van der Waals surface area (Å²) in [7, 11) is -1.95. The summed E-state index contributed by atoms with van der Waals surface area (Å²) in [4.78, 5) is 0.215. The summed E-state index contributed by atoms with van der Waals surface area (Å²) in [6, 6.07) is 6.24. The van der Waals surface area contributed by atoms with Gasteiger partial charge < -0.3 is 9.47 Å². The molecule has 1 aromatic carbocycles. The summed E-state index contributed by atoms with van der Waals surface area (Å²) >= 11 is 0. The van der Waals surface area contributed by atoms with Gasteiger partial charge in [-0.2, -0.15) is 0 Å². The molecule has 0 bridgehead atoms. The highest BCUT2D eigenvalue weighted by Gasteiger charge is 2.15. The molecule has 0 aromatic heterocycles. The minimum atomic E-state index is -3.48. The van der Waals surface area contributed by atoms with Gasteiger partial charge in [-0.1, -0.05) is 0 Å². The Bertz CT molecular complexity index is 455. The van der Waals surface area contributed by atoms with E-state index in [1.54, 1.807) is 12.1 Å². The fourth-order valence-corrected chi connectivity index (χ4v) is 2.52. The van der Waals surface area contributed by atoms with Crippen molar-refractivity contribution < 1.29 is 17.9 Å². The predicted octanol–water partition coefficient (Wildman–Crippen LogP) is 1.40. The second kappa shape index (κ2) is 6.72. The monoisotopic (exact) mass is 273 g/mol.